The van der Waals surface area contributed by atoms with Crippen LogP contribution < -0.4 is 0 Å². The van der Waals surface area contributed by atoms with Gasteiger partial charge in [-0.2, -0.15) is 0 Å². The van der Waals surface area contributed by atoms with Crippen molar-refractivity contribution < 1.29 is 4.39 Å². The van der Waals surface area contributed by atoms with Crippen LogP contribution in [0, 0.1) is 12.7 Å². The number of aromatic nitrogens is 4. The van der Waals surface area contributed by atoms with Crippen LogP contribution in [0.5, 0.6) is 0 Å². The van der Waals surface area contributed by atoms with Gasteiger partial charge in [0.2, 0.25) is 0 Å². The first-order chi connectivity index (χ1) is 8.24. The number of benzene rings is 1. The lowest BCUT2D eigenvalue weighted by Gasteiger charge is -1.99. The molecule has 0 fully saturated rings. The topological polar surface area (TPSA) is 54.5 Å². The molecule has 3 aromatic rings. The van der Waals surface area contributed by atoms with Crippen molar-refractivity contribution >= 4 is 11.2 Å². The molecule has 0 radical (unpaired) electrons. The summed E-state index contributed by atoms with van der Waals surface area (Å²) >= 11 is 0. The van der Waals surface area contributed by atoms with Crippen LogP contribution in [0.25, 0.3) is 22.6 Å². The lowest BCUT2D eigenvalue weighted by atomic mass is 10.1. The van der Waals surface area contributed by atoms with Gasteiger partial charge in [0, 0.05) is 5.56 Å². The predicted octanol–water partition coefficient (Wildman–Crippen LogP) is 2.47. The highest BCUT2D eigenvalue weighted by atomic mass is 19.1. The summed E-state index contributed by atoms with van der Waals surface area (Å²) in [4.78, 5) is 15.4. The fourth-order valence-corrected chi connectivity index (χ4v) is 1.69. The molecule has 0 spiro atoms. The van der Waals surface area contributed by atoms with Gasteiger partial charge >= 0.3 is 0 Å². The standard InChI is InChI=1S/C12H9FN4/c1-7-4-8(2-3-9(7)13)11-16-10-5-14-6-15-12(10)17-11/h2-6H,1H3,(H,14,15,16,17). The Morgan fingerprint density at radius 1 is 1.29 bits per heavy atom. The molecular formula is C12H9FN4. The number of aromatic amines is 1. The van der Waals surface area contributed by atoms with Crippen molar-refractivity contribution in [3.63, 3.8) is 0 Å². The minimum Gasteiger partial charge on any atom is -0.335 e. The Labute approximate surface area is 96.6 Å². The van der Waals surface area contributed by atoms with Gasteiger partial charge in [0.15, 0.2) is 5.65 Å². The third-order valence-corrected chi connectivity index (χ3v) is 2.59. The molecule has 0 aliphatic rings. The molecule has 5 heteroatoms. The average molecular weight is 228 g/mol. The Kier molecular flexibility index (Phi) is 2.11. The minimum atomic E-state index is -0.218. The summed E-state index contributed by atoms with van der Waals surface area (Å²) in [6.07, 6.45) is 3.11. The summed E-state index contributed by atoms with van der Waals surface area (Å²) in [5.41, 5.74) is 2.80. The number of imidazole rings is 1. The second kappa shape index (κ2) is 3.62. The quantitative estimate of drug-likeness (QED) is 0.696. The highest BCUT2D eigenvalue weighted by molar-refractivity contribution is 5.74. The molecule has 0 bridgehead atoms. The number of H-pyrrole nitrogens is 1. The highest BCUT2D eigenvalue weighted by Gasteiger charge is 2.07. The number of hydrogen-bond acceptors (Lipinski definition) is 3. The van der Waals surface area contributed by atoms with Gasteiger partial charge in [0.1, 0.15) is 23.5 Å². The lowest BCUT2D eigenvalue weighted by molar-refractivity contribution is 0.618. The first-order valence-corrected chi connectivity index (χ1v) is 5.16. The van der Waals surface area contributed by atoms with Gasteiger partial charge in [-0.1, -0.05) is 0 Å². The van der Waals surface area contributed by atoms with Crippen LogP contribution in [-0.4, -0.2) is 19.9 Å². The number of nitrogens with zero attached hydrogens (tertiary/aromatic N) is 3. The Morgan fingerprint density at radius 2 is 2.18 bits per heavy atom. The van der Waals surface area contributed by atoms with Crippen molar-refractivity contribution in [3.05, 3.63) is 42.1 Å². The number of nitrogens with one attached hydrogen (secondary N) is 1. The predicted molar refractivity (Wildman–Crippen MR) is 61.8 cm³/mol. The largest absolute Gasteiger partial charge is 0.335 e. The smallest absolute Gasteiger partial charge is 0.181 e. The molecule has 2 aromatic heterocycles. The lowest BCUT2D eigenvalue weighted by Crippen LogP contribution is -1.85. The van der Waals surface area contributed by atoms with E-state index in [0.717, 1.165) is 11.1 Å². The van der Waals surface area contributed by atoms with Gasteiger partial charge in [0.05, 0.1) is 6.20 Å². The van der Waals surface area contributed by atoms with Gasteiger partial charge in [-0.15, -0.1) is 0 Å². The molecule has 0 unspecified atom stereocenters. The van der Waals surface area contributed by atoms with Crippen molar-refractivity contribution in [1.29, 1.82) is 0 Å². The molecule has 1 aromatic carbocycles. The summed E-state index contributed by atoms with van der Waals surface area (Å²) in [6, 6.07) is 4.87. The molecule has 3 rings (SSSR count). The van der Waals surface area contributed by atoms with Crippen LogP contribution in [0.15, 0.2) is 30.7 Å². The molecule has 84 valence electrons. The second-order valence-electron chi connectivity index (χ2n) is 3.81. The molecule has 17 heavy (non-hydrogen) atoms. The fraction of sp³-hybridized carbons (Fsp3) is 0.0833. The van der Waals surface area contributed by atoms with Gasteiger partial charge in [0.25, 0.3) is 0 Å². The van der Waals surface area contributed by atoms with Crippen molar-refractivity contribution in [2.75, 3.05) is 0 Å². The van der Waals surface area contributed by atoms with E-state index in [-0.39, 0.29) is 5.82 Å². The van der Waals surface area contributed by atoms with Crippen LogP contribution in [0.2, 0.25) is 0 Å². The zero-order chi connectivity index (χ0) is 11.8. The van der Waals surface area contributed by atoms with Crippen LogP contribution >= 0.6 is 0 Å². The van der Waals surface area contributed by atoms with Crippen molar-refractivity contribution in [2.45, 2.75) is 6.92 Å². The molecule has 4 nitrogen and oxygen atoms in total. The number of hydrogen-bond donors (Lipinski definition) is 1. The third-order valence-electron chi connectivity index (χ3n) is 2.59. The van der Waals surface area contributed by atoms with Gasteiger partial charge in [-0.05, 0) is 30.7 Å². The monoisotopic (exact) mass is 228 g/mol. The molecule has 0 atom stereocenters. The molecule has 0 saturated heterocycles. The normalized spacial score (nSPS) is 10.9. The van der Waals surface area contributed by atoms with E-state index >= 15 is 0 Å². The maximum Gasteiger partial charge on any atom is 0.181 e. The zero-order valence-electron chi connectivity index (χ0n) is 9.11. The first kappa shape index (κ1) is 9.89. The summed E-state index contributed by atoms with van der Waals surface area (Å²) in [5.74, 6) is 0.452. The Bertz CT molecular complexity index is 657. The maximum atomic E-state index is 13.2. The number of fused-ring (bicyclic) bond motifs is 1. The van der Waals surface area contributed by atoms with Gasteiger partial charge in [-0.3, -0.25) is 0 Å². The average Bonchev–Trinajstić information content (AvgIpc) is 2.76. The van der Waals surface area contributed by atoms with Crippen LogP contribution in [0.3, 0.4) is 0 Å². The fourth-order valence-electron chi connectivity index (χ4n) is 1.69. The van der Waals surface area contributed by atoms with E-state index in [4.69, 9.17) is 0 Å². The summed E-state index contributed by atoms with van der Waals surface area (Å²) in [7, 11) is 0. The molecule has 2 heterocycles. The molecular weight excluding hydrogens is 219 g/mol. The van der Waals surface area contributed by atoms with Crippen LogP contribution in [0.4, 0.5) is 4.39 Å². The first-order valence-electron chi connectivity index (χ1n) is 5.16. The zero-order valence-corrected chi connectivity index (χ0v) is 9.11. The summed E-state index contributed by atoms with van der Waals surface area (Å²) < 4.78 is 13.2. The van der Waals surface area contributed by atoms with E-state index in [1.807, 2.05) is 0 Å². The van der Waals surface area contributed by atoms with E-state index in [1.54, 1.807) is 25.3 Å². The van der Waals surface area contributed by atoms with Crippen LogP contribution in [0.1, 0.15) is 5.56 Å². The SMILES string of the molecule is Cc1cc(-c2nc3ncncc3[nH]2)ccc1F. The highest BCUT2D eigenvalue weighted by Crippen LogP contribution is 2.20. The maximum absolute atomic E-state index is 13.2. The van der Waals surface area contributed by atoms with E-state index in [1.165, 1.54) is 12.4 Å². The van der Waals surface area contributed by atoms with Crippen molar-refractivity contribution in [2.24, 2.45) is 0 Å². The van der Waals surface area contributed by atoms with Crippen molar-refractivity contribution in [1.82, 2.24) is 19.9 Å². The van der Waals surface area contributed by atoms with Gasteiger partial charge in [-0.25, -0.2) is 19.3 Å². The molecule has 0 aliphatic heterocycles. The summed E-state index contributed by atoms with van der Waals surface area (Å²) in [6.45, 7) is 1.72. The minimum absolute atomic E-state index is 0.218. The van der Waals surface area contributed by atoms with E-state index in [9.17, 15) is 4.39 Å². The van der Waals surface area contributed by atoms with Crippen molar-refractivity contribution in [3.8, 4) is 11.4 Å². The Morgan fingerprint density at radius 3 is 2.94 bits per heavy atom. The van der Waals surface area contributed by atoms with Crippen LogP contribution in [-0.2, 0) is 0 Å². The molecule has 0 saturated carbocycles. The number of halogens is 1. The van der Waals surface area contributed by atoms with E-state index in [2.05, 4.69) is 19.9 Å². The van der Waals surface area contributed by atoms with E-state index in [0.29, 0.717) is 17.0 Å². The van der Waals surface area contributed by atoms with E-state index < -0.39 is 0 Å². The molecule has 1 N–H and O–H groups in total. The Hall–Kier alpha value is -2.30. The molecule has 0 aliphatic carbocycles. The molecule has 0 amide bonds. The van der Waals surface area contributed by atoms with Gasteiger partial charge < -0.3 is 4.98 Å². The number of aryl methyl sites for hydroxylation is 1. The summed E-state index contributed by atoms with van der Waals surface area (Å²) in [5, 5.41) is 0. The number of rotatable bonds is 1. The third kappa shape index (κ3) is 1.65. The Balaban J connectivity index is 2.17. The second-order valence-corrected chi connectivity index (χ2v) is 3.81.